The van der Waals surface area contributed by atoms with E-state index in [2.05, 4.69) is 31.9 Å². The molecule has 14 nitrogen and oxygen atoms in total. The van der Waals surface area contributed by atoms with Gasteiger partial charge in [0.25, 0.3) is 5.56 Å². The largest absolute Gasteiger partial charge is 0.462 e. The number of hydrogen-bond donors (Lipinski definition) is 5. The van der Waals surface area contributed by atoms with Gasteiger partial charge >= 0.3 is 14.5 Å². The second kappa shape index (κ2) is 13.7. The number of nitrogens with one attached hydrogen (secondary N) is 2. The van der Waals surface area contributed by atoms with E-state index in [1.54, 1.807) is 45.0 Å². The van der Waals surface area contributed by atoms with Crippen molar-refractivity contribution in [1.29, 1.82) is 0 Å². The van der Waals surface area contributed by atoms with Gasteiger partial charge in [-0.1, -0.05) is 18.2 Å². The lowest BCUT2D eigenvalue weighted by atomic mass is 10.0. The van der Waals surface area contributed by atoms with Gasteiger partial charge in [-0.15, -0.1) is 5.92 Å². The number of aromatic amines is 1. The first kappa shape index (κ1) is 31.0. The Balaban J connectivity index is 1.86. The molecule has 0 aliphatic heterocycles. The molecule has 3 aromatic rings. The lowest BCUT2D eigenvalue weighted by molar-refractivity contribution is -0.151. The van der Waals surface area contributed by atoms with Gasteiger partial charge in [0.05, 0.1) is 12.7 Å². The van der Waals surface area contributed by atoms with E-state index >= 15 is 0 Å². The Bertz CT molecular complexity index is 1410. The number of aliphatic hydroxyl groups is 2. The molecular weight excluding hydrogens is 543 g/mol. The molecule has 5 atom stereocenters. The van der Waals surface area contributed by atoms with Crippen molar-refractivity contribution >= 4 is 31.6 Å². The number of esters is 1. The molecule has 0 bridgehead atoms. The van der Waals surface area contributed by atoms with Gasteiger partial charge in [-0.2, -0.15) is 4.98 Å². The van der Waals surface area contributed by atoms with Crippen LogP contribution in [0.4, 0.5) is 5.95 Å². The Morgan fingerprint density at radius 3 is 2.62 bits per heavy atom. The number of H-pyrrole nitrogens is 1. The summed E-state index contributed by atoms with van der Waals surface area (Å²) in [7, 11) is -0.670. The molecule has 0 spiro atoms. The van der Waals surface area contributed by atoms with Crippen LogP contribution in [-0.2, 0) is 24.5 Å². The molecule has 2 aromatic heterocycles. The number of para-hydroxylation sites is 1. The van der Waals surface area contributed by atoms with E-state index in [1.165, 1.54) is 14.0 Å². The Hall–Kier alpha value is -3.57. The lowest BCUT2D eigenvalue weighted by Gasteiger charge is -2.34. The summed E-state index contributed by atoms with van der Waals surface area (Å²) in [5, 5.41) is 25.9. The van der Waals surface area contributed by atoms with Gasteiger partial charge in [-0.25, -0.2) is 10.1 Å². The van der Waals surface area contributed by atoms with Crippen molar-refractivity contribution in [2.24, 2.45) is 0 Å². The fraction of sp³-hybridized carbons (Fsp3) is 0.440. The molecule has 2 heterocycles. The van der Waals surface area contributed by atoms with Crippen molar-refractivity contribution in [1.82, 2.24) is 24.6 Å². The second-order valence-corrected chi connectivity index (χ2v) is 10.1. The summed E-state index contributed by atoms with van der Waals surface area (Å²) in [6.45, 7) is 6.21. The summed E-state index contributed by atoms with van der Waals surface area (Å²) < 4.78 is 23.6. The number of aromatic nitrogens is 4. The van der Waals surface area contributed by atoms with Gasteiger partial charge in [-0.3, -0.25) is 19.1 Å². The van der Waals surface area contributed by atoms with Crippen molar-refractivity contribution in [2.75, 3.05) is 19.5 Å². The van der Waals surface area contributed by atoms with Crippen LogP contribution >= 0.6 is 8.53 Å². The summed E-state index contributed by atoms with van der Waals surface area (Å²) in [4.78, 5) is 35.0. The number of benzene rings is 1. The van der Waals surface area contributed by atoms with Crippen molar-refractivity contribution in [3.8, 4) is 17.6 Å². The van der Waals surface area contributed by atoms with Crippen LogP contribution in [0, 0.1) is 11.8 Å². The van der Waals surface area contributed by atoms with E-state index in [1.807, 2.05) is 6.07 Å². The van der Waals surface area contributed by atoms with Crippen molar-refractivity contribution in [3.63, 3.8) is 0 Å². The number of ether oxygens (including phenoxy) is 2. The lowest BCUT2D eigenvalue weighted by Crippen LogP contribution is -2.52. The Morgan fingerprint density at radius 1 is 1.30 bits per heavy atom. The normalized spacial score (nSPS) is 15.9. The minimum Gasteiger partial charge on any atom is -0.462 e. The third kappa shape index (κ3) is 7.33. The topological polar surface area (TPSA) is 196 Å². The number of imidazole rings is 1. The summed E-state index contributed by atoms with van der Waals surface area (Å²) in [5.74, 6) is 4.86. The molecular formula is C25H33N6O8P. The molecule has 40 heavy (non-hydrogen) atoms. The molecule has 0 saturated heterocycles. The van der Waals surface area contributed by atoms with E-state index in [4.69, 9.17) is 24.3 Å². The molecule has 0 saturated carbocycles. The zero-order valence-electron chi connectivity index (χ0n) is 22.7. The van der Waals surface area contributed by atoms with Gasteiger partial charge in [0.15, 0.2) is 11.2 Å². The number of nitrogens with two attached hydrogens (primary N) is 1. The Kier molecular flexibility index (Phi) is 10.6. The van der Waals surface area contributed by atoms with Gasteiger partial charge in [-0.05, 0) is 45.7 Å². The zero-order chi connectivity index (χ0) is 29.4. The first-order valence-corrected chi connectivity index (χ1v) is 13.4. The van der Waals surface area contributed by atoms with Crippen molar-refractivity contribution in [3.05, 3.63) is 47.0 Å². The van der Waals surface area contributed by atoms with E-state index in [0.29, 0.717) is 5.75 Å². The molecule has 0 aliphatic carbocycles. The van der Waals surface area contributed by atoms with E-state index in [-0.39, 0.29) is 29.8 Å². The molecule has 0 aliphatic rings. The number of aliphatic hydroxyl groups excluding tert-OH is 1. The summed E-state index contributed by atoms with van der Waals surface area (Å²) in [6, 6.07) is 7.98. The highest BCUT2D eigenvalue weighted by atomic mass is 31.2. The third-order valence-electron chi connectivity index (χ3n) is 5.46. The second-order valence-electron chi connectivity index (χ2n) is 8.85. The van der Waals surface area contributed by atoms with Crippen LogP contribution in [0.25, 0.3) is 11.2 Å². The predicted octanol–water partition coefficient (Wildman–Crippen LogP) is 0.998. The highest BCUT2D eigenvalue weighted by Crippen LogP contribution is 2.37. The van der Waals surface area contributed by atoms with Crippen molar-refractivity contribution < 1.29 is 33.5 Å². The molecule has 15 heteroatoms. The molecule has 6 N–H and O–H groups in total. The standard InChI is InChI=1S/C25H33N6O8P/c1-6-12-25(35,31-14-27-19-21(31)28-24(26)29-22(19)33)20(32)18(36-5)13-37-40(39-17-10-8-7-9-11-17)30-16(4)23(34)38-15(2)3/h7-11,14-16,18,20,30,32,35H,13H2,1-5H3,(H3,26,28,29,33)/t16?,18?,20?,25-,40?/m1/s1. The number of methoxy groups -OCH3 is 1. The fourth-order valence-corrected chi connectivity index (χ4v) is 4.73. The maximum atomic E-state index is 12.4. The monoisotopic (exact) mass is 576 g/mol. The maximum Gasteiger partial charge on any atom is 0.323 e. The smallest absolute Gasteiger partial charge is 0.323 e. The van der Waals surface area contributed by atoms with Crippen LogP contribution in [-0.4, -0.2) is 73.8 Å². The quantitative estimate of drug-likeness (QED) is 0.110. The number of carbonyl (C=O) groups excluding carboxylic acids is 1. The van der Waals surface area contributed by atoms with Gasteiger partial charge in [0.2, 0.25) is 11.7 Å². The minimum absolute atomic E-state index is 0.102. The van der Waals surface area contributed by atoms with Crippen LogP contribution in [0.5, 0.6) is 5.75 Å². The van der Waals surface area contributed by atoms with E-state index in [9.17, 15) is 19.8 Å². The minimum atomic E-state index is -2.36. The van der Waals surface area contributed by atoms with Crippen LogP contribution in [0.2, 0.25) is 0 Å². The van der Waals surface area contributed by atoms with Gasteiger partial charge in [0.1, 0.15) is 30.3 Å². The Labute approximate surface area is 231 Å². The molecule has 1 aromatic carbocycles. The van der Waals surface area contributed by atoms with Crippen molar-refractivity contribution in [2.45, 2.75) is 57.8 Å². The molecule has 0 fully saturated rings. The highest BCUT2D eigenvalue weighted by molar-refractivity contribution is 7.45. The SMILES string of the molecule is CC#C[C@@](O)(C(O)C(COP(NC(C)C(=O)OC(C)C)Oc1ccccc1)OC)n1cnc2c(=O)[nH]c(N)nc21. The summed E-state index contributed by atoms with van der Waals surface area (Å²) >= 11 is 0. The number of fused-ring (bicyclic) bond motifs is 1. The highest BCUT2D eigenvalue weighted by Gasteiger charge is 2.43. The number of nitrogens with zero attached hydrogens (tertiary/aromatic N) is 3. The first-order valence-electron chi connectivity index (χ1n) is 12.2. The predicted molar refractivity (Wildman–Crippen MR) is 147 cm³/mol. The average Bonchev–Trinajstić information content (AvgIpc) is 3.34. The third-order valence-corrected chi connectivity index (χ3v) is 6.82. The molecule has 0 radical (unpaired) electrons. The molecule has 3 rings (SSSR count). The molecule has 216 valence electrons. The number of hydrogen-bond acceptors (Lipinski definition) is 12. The number of rotatable bonds is 13. The van der Waals surface area contributed by atoms with E-state index in [0.717, 1.165) is 10.9 Å². The number of anilines is 1. The van der Waals surface area contributed by atoms with Gasteiger partial charge in [0, 0.05) is 7.11 Å². The zero-order valence-corrected chi connectivity index (χ0v) is 23.6. The van der Waals surface area contributed by atoms with Crippen LogP contribution in [0.1, 0.15) is 27.7 Å². The van der Waals surface area contributed by atoms with E-state index < -0.39 is 44.0 Å². The molecule has 4 unspecified atom stereocenters. The fourth-order valence-electron chi connectivity index (χ4n) is 3.54. The summed E-state index contributed by atoms with van der Waals surface area (Å²) in [6.07, 6.45) is -2.14. The van der Waals surface area contributed by atoms with Gasteiger partial charge < -0.3 is 34.5 Å². The first-order chi connectivity index (χ1) is 19.0. The maximum absolute atomic E-state index is 12.4. The van der Waals surface area contributed by atoms with Crippen LogP contribution < -0.4 is 20.9 Å². The molecule has 0 amide bonds. The number of nitrogen functional groups attached to an aromatic ring is 1. The van der Waals surface area contributed by atoms with Crippen LogP contribution in [0.15, 0.2) is 41.5 Å². The van der Waals surface area contributed by atoms with Crippen LogP contribution in [0.3, 0.4) is 0 Å². The average molecular weight is 577 g/mol. The number of carbonyl (C=O) groups is 1. The summed E-state index contributed by atoms with van der Waals surface area (Å²) in [5.41, 5.74) is 2.48. The Morgan fingerprint density at radius 2 is 2.00 bits per heavy atom.